The molecule has 1 aromatic heterocycles. The van der Waals surface area contributed by atoms with Crippen LogP contribution in [0, 0.1) is 0 Å². The van der Waals surface area contributed by atoms with Crippen LogP contribution in [0.4, 0.5) is 11.6 Å². The van der Waals surface area contributed by atoms with E-state index in [-0.39, 0.29) is 0 Å². The summed E-state index contributed by atoms with van der Waals surface area (Å²) in [5.74, 6) is 1.88. The van der Waals surface area contributed by atoms with E-state index in [0.29, 0.717) is 11.7 Å². The molecule has 14 heavy (non-hydrogen) atoms. The second-order valence-electron chi connectivity index (χ2n) is 3.67. The zero-order valence-electron chi connectivity index (χ0n) is 9.28. The van der Waals surface area contributed by atoms with Gasteiger partial charge in [-0.05, 0) is 12.8 Å². The molecule has 0 saturated carbocycles. The first kappa shape index (κ1) is 10.8. The van der Waals surface area contributed by atoms with Crippen molar-refractivity contribution in [3.8, 4) is 0 Å². The van der Waals surface area contributed by atoms with Gasteiger partial charge in [-0.1, -0.05) is 13.8 Å². The van der Waals surface area contributed by atoms with Crippen molar-refractivity contribution in [1.29, 1.82) is 0 Å². The second kappa shape index (κ2) is 4.26. The number of aromatic nitrogens is 2. The lowest BCUT2D eigenvalue weighted by molar-refractivity contribution is 0.823. The summed E-state index contributed by atoms with van der Waals surface area (Å²) in [6.07, 6.45) is 1.52. The Morgan fingerprint density at radius 3 is 2.57 bits per heavy atom. The van der Waals surface area contributed by atoms with Crippen LogP contribution in [-0.4, -0.2) is 23.6 Å². The molecule has 2 N–H and O–H groups in total. The molecular weight excluding hydrogens is 176 g/mol. The summed E-state index contributed by atoms with van der Waals surface area (Å²) in [5.41, 5.74) is 6.88. The van der Waals surface area contributed by atoms with Crippen molar-refractivity contribution in [3.05, 3.63) is 11.9 Å². The fourth-order valence-corrected chi connectivity index (χ4v) is 1.41. The van der Waals surface area contributed by atoms with Crippen LogP contribution in [0.1, 0.15) is 32.3 Å². The Kier molecular flexibility index (Phi) is 3.28. The van der Waals surface area contributed by atoms with Crippen LogP contribution in [0.15, 0.2) is 6.33 Å². The number of anilines is 2. The highest BCUT2D eigenvalue weighted by atomic mass is 15.2. The van der Waals surface area contributed by atoms with Gasteiger partial charge in [0, 0.05) is 19.2 Å². The summed E-state index contributed by atoms with van der Waals surface area (Å²) < 4.78 is 0. The van der Waals surface area contributed by atoms with Crippen LogP contribution >= 0.6 is 0 Å². The Balaban J connectivity index is 3.21. The van der Waals surface area contributed by atoms with Gasteiger partial charge in [0.15, 0.2) is 0 Å². The SMILES string of the molecule is CCN(C)c1ncnc(N)c1C(C)C. The number of nitrogens with two attached hydrogens (primary N) is 1. The molecule has 0 saturated heterocycles. The molecule has 0 unspecified atom stereocenters. The van der Waals surface area contributed by atoms with Gasteiger partial charge in [-0.2, -0.15) is 0 Å². The summed E-state index contributed by atoms with van der Waals surface area (Å²) >= 11 is 0. The van der Waals surface area contributed by atoms with Crippen molar-refractivity contribution in [2.75, 3.05) is 24.2 Å². The lowest BCUT2D eigenvalue weighted by atomic mass is 10.0. The standard InChI is InChI=1S/C10H18N4/c1-5-14(4)10-8(7(2)3)9(11)12-6-13-10/h6-7H,5H2,1-4H3,(H2,11,12,13). The predicted molar refractivity (Wildman–Crippen MR) is 59.5 cm³/mol. The van der Waals surface area contributed by atoms with E-state index in [4.69, 9.17) is 5.73 Å². The van der Waals surface area contributed by atoms with E-state index in [0.717, 1.165) is 17.9 Å². The highest BCUT2D eigenvalue weighted by Gasteiger charge is 2.14. The normalized spacial score (nSPS) is 10.6. The average Bonchev–Trinajstić information content (AvgIpc) is 2.15. The Morgan fingerprint density at radius 1 is 1.43 bits per heavy atom. The van der Waals surface area contributed by atoms with E-state index in [2.05, 4.69) is 35.6 Å². The summed E-state index contributed by atoms with van der Waals surface area (Å²) in [7, 11) is 2.01. The maximum atomic E-state index is 5.84. The molecular formula is C10H18N4. The van der Waals surface area contributed by atoms with Crippen LogP contribution in [0.5, 0.6) is 0 Å². The second-order valence-corrected chi connectivity index (χ2v) is 3.67. The topological polar surface area (TPSA) is 55.0 Å². The highest BCUT2D eigenvalue weighted by Crippen LogP contribution is 2.27. The van der Waals surface area contributed by atoms with Gasteiger partial charge in [0.05, 0.1) is 0 Å². The van der Waals surface area contributed by atoms with Gasteiger partial charge < -0.3 is 10.6 Å². The molecule has 1 aromatic rings. The highest BCUT2D eigenvalue weighted by molar-refractivity contribution is 5.57. The van der Waals surface area contributed by atoms with Crippen molar-refractivity contribution in [3.63, 3.8) is 0 Å². The zero-order valence-corrected chi connectivity index (χ0v) is 9.28. The van der Waals surface area contributed by atoms with Crippen LogP contribution in [-0.2, 0) is 0 Å². The minimum absolute atomic E-state index is 0.347. The first-order valence-corrected chi connectivity index (χ1v) is 4.89. The first-order chi connectivity index (χ1) is 6.57. The lowest BCUT2D eigenvalue weighted by Crippen LogP contribution is -2.20. The molecule has 0 amide bonds. The van der Waals surface area contributed by atoms with E-state index < -0.39 is 0 Å². The minimum Gasteiger partial charge on any atom is -0.383 e. The molecule has 4 heteroatoms. The molecule has 0 fully saturated rings. The summed E-state index contributed by atoms with van der Waals surface area (Å²) in [5, 5.41) is 0. The van der Waals surface area contributed by atoms with E-state index in [1.54, 1.807) is 0 Å². The van der Waals surface area contributed by atoms with Crippen LogP contribution in [0.2, 0.25) is 0 Å². The van der Waals surface area contributed by atoms with Gasteiger partial charge >= 0.3 is 0 Å². The largest absolute Gasteiger partial charge is 0.383 e. The average molecular weight is 194 g/mol. The molecule has 0 aliphatic carbocycles. The van der Waals surface area contributed by atoms with Crippen molar-refractivity contribution in [2.45, 2.75) is 26.7 Å². The van der Waals surface area contributed by atoms with Crippen molar-refractivity contribution < 1.29 is 0 Å². The molecule has 0 aliphatic heterocycles. The fourth-order valence-electron chi connectivity index (χ4n) is 1.41. The maximum Gasteiger partial charge on any atom is 0.137 e. The number of hydrogen-bond donors (Lipinski definition) is 1. The van der Waals surface area contributed by atoms with Crippen LogP contribution < -0.4 is 10.6 Å². The Morgan fingerprint density at radius 2 is 2.07 bits per heavy atom. The van der Waals surface area contributed by atoms with E-state index in [1.165, 1.54) is 6.33 Å². The minimum atomic E-state index is 0.347. The summed E-state index contributed by atoms with van der Waals surface area (Å²) in [4.78, 5) is 10.4. The van der Waals surface area contributed by atoms with Gasteiger partial charge in [0.1, 0.15) is 18.0 Å². The molecule has 0 bridgehead atoms. The van der Waals surface area contributed by atoms with Gasteiger partial charge in [-0.3, -0.25) is 0 Å². The Bertz CT molecular complexity index is 309. The maximum absolute atomic E-state index is 5.84. The summed E-state index contributed by atoms with van der Waals surface area (Å²) in [6, 6.07) is 0. The van der Waals surface area contributed by atoms with Gasteiger partial charge in [-0.15, -0.1) is 0 Å². The smallest absolute Gasteiger partial charge is 0.137 e. The monoisotopic (exact) mass is 194 g/mol. The molecule has 1 rings (SSSR count). The summed E-state index contributed by atoms with van der Waals surface area (Å²) in [6.45, 7) is 7.20. The molecule has 4 nitrogen and oxygen atoms in total. The zero-order chi connectivity index (χ0) is 10.7. The van der Waals surface area contributed by atoms with Crippen molar-refractivity contribution in [1.82, 2.24) is 9.97 Å². The third kappa shape index (κ3) is 1.95. The fraction of sp³-hybridized carbons (Fsp3) is 0.600. The lowest BCUT2D eigenvalue weighted by Gasteiger charge is -2.21. The predicted octanol–water partition coefficient (Wildman–Crippen LogP) is 1.64. The van der Waals surface area contributed by atoms with Crippen molar-refractivity contribution >= 4 is 11.6 Å². The van der Waals surface area contributed by atoms with Crippen LogP contribution in [0.25, 0.3) is 0 Å². The van der Waals surface area contributed by atoms with Crippen LogP contribution in [0.3, 0.4) is 0 Å². The molecule has 0 atom stereocenters. The number of hydrogen-bond acceptors (Lipinski definition) is 4. The van der Waals surface area contributed by atoms with E-state index in [1.807, 2.05) is 7.05 Å². The molecule has 0 radical (unpaired) electrons. The third-order valence-electron chi connectivity index (χ3n) is 2.31. The third-order valence-corrected chi connectivity index (χ3v) is 2.31. The first-order valence-electron chi connectivity index (χ1n) is 4.89. The quantitative estimate of drug-likeness (QED) is 0.794. The number of nitrogen functional groups attached to an aromatic ring is 1. The number of nitrogens with zero attached hydrogens (tertiary/aromatic N) is 3. The van der Waals surface area contributed by atoms with Gasteiger partial charge in [0.25, 0.3) is 0 Å². The molecule has 78 valence electrons. The molecule has 1 heterocycles. The molecule has 0 aliphatic rings. The molecule has 0 aromatic carbocycles. The Hall–Kier alpha value is -1.32. The van der Waals surface area contributed by atoms with Gasteiger partial charge in [0.2, 0.25) is 0 Å². The van der Waals surface area contributed by atoms with Gasteiger partial charge in [-0.25, -0.2) is 9.97 Å². The van der Waals surface area contributed by atoms with E-state index in [9.17, 15) is 0 Å². The number of rotatable bonds is 3. The molecule has 0 spiro atoms. The van der Waals surface area contributed by atoms with E-state index >= 15 is 0 Å². The Labute approximate surface area is 85.2 Å². The van der Waals surface area contributed by atoms with Crippen molar-refractivity contribution in [2.24, 2.45) is 0 Å².